The average Bonchev–Trinajstić information content (AvgIpc) is 2.60. The van der Waals surface area contributed by atoms with Crippen molar-refractivity contribution in [2.24, 2.45) is 5.92 Å². The zero-order valence-corrected chi connectivity index (χ0v) is 14.5. The van der Waals surface area contributed by atoms with E-state index in [0.717, 1.165) is 37.5 Å². The molecule has 1 aromatic rings. The van der Waals surface area contributed by atoms with E-state index in [1.165, 1.54) is 44.1 Å². The number of hydrogen-bond donors (Lipinski definition) is 0. The van der Waals surface area contributed by atoms with Crippen molar-refractivity contribution >= 4 is 0 Å². The lowest BCUT2D eigenvalue weighted by molar-refractivity contribution is 0.304. The molecule has 1 aliphatic rings. The van der Waals surface area contributed by atoms with Gasteiger partial charge in [-0.15, -0.1) is 0 Å². The van der Waals surface area contributed by atoms with Crippen LogP contribution in [0.1, 0.15) is 76.2 Å². The van der Waals surface area contributed by atoms with Gasteiger partial charge in [0.25, 0.3) is 0 Å². The summed E-state index contributed by atoms with van der Waals surface area (Å²) in [6.07, 6.45) is 13.0. The van der Waals surface area contributed by atoms with Gasteiger partial charge < -0.3 is 4.74 Å². The highest BCUT2D eigenvalue weighted by Crippen LogP contribution is 2.37. The normalized spacial score (nSPS) is 21.7. The second-order valence-corrected chi connectivity index (χ2v) is 6.78. The lowest BCUT2D eigenvalue weighted by Gasteiger charge is -2.28. The first-order valence-electron chi connectivity index (χ1n) is 9.31. The fraction of sp³-hybridized carbons (Fsp3) is 0.619. The molecule has 0 spiro atoms. The van der Waals surface area contributed by atoms with E-state index in [9.17, 15) is 4.39 Å². The highest BCUT2D eigenvalue weighted by atomic mass is 19.1. The summed E-state index contributed by atoms with van der Waals surface area (Å²) in [6, 6.07) is 8.73. The van der Waals surface area contributed by atoms with Gasteiger partial charge in [-0.05, 0) is 74.5 Å². The Morgan fingerprint density at radius 3 is 2.48 bits per heavy atom. The summed E-state index contributed by atoms with van der Waals surface area (Å²) in [7, 11) is 0. The molecule has 1 nitrogen and oxygen atoms in total. The molecule has 0 radical (unpaired) electrons. The topological polar surface area (TPSA) is 9.23 Å². The van der Waals surface area contributed by atoms with Crippen molar-refractivity contribution in [1.82, 2.24) is 0 Å². The van der Waals surface area contributed by atoms with Gasteiger partial charge in [0.15, 0.2) is 0 Å². The minimum Gasteiger partial charge on any atom is -0.494 e. The van der Waals surface area contributed by atoms with Gasteiger partial charge in [0.1, 0.15) is 5.75 Å². The standard InChI is InChI=1S/C21H31FO/c1-2-3-6-17-23-21-14-12-20(13-15-21)19-10-8-18(9-11-19)7-4-5-16-22/h5,12-16,18-19H,2-4,6-11,17H2,1H3/t18-,19-. The molecular weight excluding hydrogens is 287 g/mol. The van der Waals surface area contributed by atoms with Gasteiger partial charge in [-0.25, -0.2) is 4.39 Å². The fourth-order valence-corrected chi connectivity index (χ4v) is 3.56. The maximum Gasteiger partial charge on any atom is 0.119 e. The largest absolute Gasteiger partial charge is 0.494 e. The van der Waals surface area contributed by atoms with E-state index in [1.54, 1.807) is 6.08 Å². The molecule has 0 saturated heterocycles. The summed E-state index contributed by atoms with van der Waals surface area (Å²) in [5, 5.41) is 0. The number of benzene rings is 1. The second-order valence-electron chi connectivity index (χ2n) is 6.78. The molecule has 1 aromatic carbocycles. The van der Waals surface area contributed by atoms with E-state index in [-0.39, 0.29) is 0 Å². The van der Waals surface area contributed by atoms with Crippen LogP contribution in [0.25, 0.3) is 0 Å². The Bertz CT molecular complexity index is 443. The highest BCUT2D eigenvalue weighted by Gasteiger charge is 2.21. The Balaban J connectivity index is 1.73. The quantitative estimate of drug-likeness (QED) is 0.455. The third kappa shape index (κ3) is 6.37. The van der Waals surface area contributed by atoms with Crippen molar-refractivity contribution in [3.8, 4) is 5.75 Å². The molecule has 2 heteroatoms. The molecule has 0 bridgehead atoms. The minimum atomic E-state index is 0.678. The first-order chi connectivity index (χ1) is 11.3. The van der Waals surface area contributed by atoms with Crippen LogP contribution in [0, 0.1) is 5.92 Å². The summed E-state index contributed by atoms with van der Waals surface area (Å²) in [5.74, 6) is 2.47. The van der Waals surface area contributed by atoms with Crippen molar-refractivity contribution in [2.75, 3.05) is 6.61 Å². The molecule has 0 heterocycles. The van der Waals surface area contributed by atoms with Crippen LogP contribution in [0.3, 0.4) is 0 Å². The van der Waals surface area contributed by atoms with Crippen molar-refractivity contribution in [1.29, 1.82) is 0 Å². The molecule has 0 N–H and O–H groups in total. The summed E-state index contributed by atoms with van der Waals surface area (Å²) in [5.41, 5.74) is 1.45. The zero-order valence-electron chi connectivity index (χ0n) is 14.5. The molecule has 0 unspecified atom stereocenters. The van der Waals surface area contributed by atoms with Gasteiger partial charge in [0.05, 0.1) is 12.9 Å². The summed E-state index contributed by atoms with van der Waals surface area (Å²) in [4.78, 5) is 0. The van der Waals surface area contributed by atoms with Crippen LogP contribution < -0.4 is 4.74 Å². The van der Waals surface area contributed by atoms with Gasteiger partial charge in [0.2, 0.25) is 0 Å². The van der Waals surface area contributed by atoms with Crippen LogP contribution >= 0.6 is 0 Å². The SMILES string of the molecule is CCCCCOc1ccc([C@H]2CC[C@H](CCC=CF)CC2)cc1. The van der Waals surface area contributed by atoms with Crippen LogP contribution in [0.15, 0.2) is 36.7 Å². The van der Waals surface area contributed by atoms with Gasteiger partial charge >= 0.3 is 0 Å². The molecule has 1 aliphatic carbocycles. The lowest BCUT2D eigenvalue weighted by atomic mass is 9.77. The maximum absolute atomic E-state index is 12.0. The van der Waals surface area contributed by atoms with E-state index < -0.39 is 0 Å². The molecule has 128 valence electrons. The Morgan fingerprint density at radius 1 is 1.09 bits per heavy atom. The van der Waals surface area contributed by atoms with Crippen LogP contribution in [0.5, 0.6) is 5.75 Å². The monoisotopic (exact) mass is 318 g/mol. The predicted molar refractivity (Wildman–Crippen MR) is 95.6 cm³/mol. The molecule has 2 rings (SSSR count). The predicted octanol–water partition coefficient (Wildman–Crippen LogP) is 6.79. The zero-order chi connectivity index (χ0) is 16.3. The molecule has 1 saturated carbocycles. The van der Waals surface area contributed by atoms with E-state index in [2.05, 4.69) is 31.2 Å². The van der Waals surface area contributed by atoms with E-state index in [0.29, 0.717) is 12.2 Å². The Labute approximate surface area is 140 Å². The van der Waals surface area contributed by atoms with E-state index in [1.807, 2.05) is 0 Å². The molecule has 1 fully saturated rings. The van der Waals surface area contributed by atoms with Crippen molar-refractivity contribution < 1.29 is 9.13 Å². The summed E-state index contributed by atoms with van der Waals surface area (Å²) >= 11 is 0. The smallest absolute Gasteiger partial charge is 0.119 e. The van der Waals surface area contributed by atoms with Crippen LogP contribution in [-0.4, -0.2) is 6.61 Å². The molecule has 0 atom stereocenters. The second kappa shape index (κ2) is 10.5. The van der Waals surface area contributed by atoms with Crippen molar-refractivity contribution in [3.63, 3.8) is 0 Å². The lowest BCUT2D eigenvalue weighted by Crippen LogP contribution is -2.13. The summed E-state index contributed by atoms with van der Waals surface area (Å²) < 4.78 is 17.8. The number of unbranched alkanes of at least 4 members (excludes halogenated alkanes) is 2. The Kier molecular flexibility index (Phi) is 8.20. The molecule has 0 aromatic heterocycles. The molecular formula is C21H31FO. The molecule has 23 heavy (non-hydrogen) atoms. The van der Waals surface area contributed by atoms with Crippen molar-refractivity contribution in [2.45, 2.75) is 70.6 Å². The first kappa shape index (κ1) is 18.0. The third-order valence-corrected chi connectivity index (χ3v) is 5.05. The van der Waals surface area contributed by atoms with Crippen molar-refractivity contribution in [3.05, 3.63) is 42.2 Å². The Morgan fingerprint density at radius 2 is 1.83 bits per heavy atom. The number of halogens is 1. The fourth-order valence-electron chi connectivity index (χ4n) is 3.56. The number of allylic oxidation sites excluding steroid dienone is 1. The first-order valence-corrected chi connectivity index (χ1v) is 9.31. The van der Waals surface area contributed by atoms with Gasteiger partial charge in [-0.1, -0.05) is 38.0 Å². The van der Waals surface area contributed by atoms with Crippen LogP contribution in [-0.2, 0) is 0 Å². The molecule has 0 aliphatic heterocycles. The van der Waals surface area contributed by atoms with Crippen LogP contribution in [0.2, 0.25) is 0 Å². The number of ether oxygens (including phenoxy) is 1. The Hall–Kier alpha value is -1.31. The number of rotatable bonds is 9. The maximum atomic E-state index is 12.0. The third-order valence-electron chi connectivity index (χ3n) is 5.05. The summed E-state index contributed by atoms with van der Waals surface area (Å²) in [6.45, 7) is 3.03. The number of hydrogen-bond acceptors (Lipinski definition) is 1. The van der Waals surface area contributed by atoms with Crippen LogP contribution in [0.4, 0.5) is 4.39 Å². The van der Waals surface area contributed by atoms with Gasteiger partial charge in [-0.2, -0.15) is 0 Å². The minimum absolute atomic E-state index is 0.678. The van der Waals surface area contributed by atoms with E-state index in [4.69, 9.17) is 4.74 Å². The van der Waals surface area contributed by atoms with Gasteiger partial charge in [0, 0.05) is 0 Å². The average molecular weight is 318 g/mol. The van der Waals surface area contributed by atoms with Gasteiger partial charge in [-0.3, -0.25) is 0 Å². The highest BCUT2D eigenvalue weighted by molar-refractivity contribution is 5.29. The van der Waals surface area contributed by atoms with E-state index >= 15 is 0 Å². The molecule has 0 amide bonds.